The molecule has 0 aliphatic carbocycles. The van der Waals surface area contributed by atoms with Crippen LogP contribution in [0.4, 0.5) is 0 Å². The molecule has 0 aromatic rings. The van der Waals surface area contributed by atoms with E-state index in [9.17, 15) is 0 Å². The Morgan fingerprint density at radius 3 is 2.91 bits per heavy atom. The number of rotatable bonds is 2. The first-order chi connectivity index (χ1) is 5.29. The van der Waals surface area contributed by atoms with E-state index >= 15 is 0 Å². The zero-order valence-corrected chi connectivity index (χ0v) is 6.71. The Kier molecular flexibility index (Phi) is 3.16. The second-order valence-corrected chi connectivity index (χ2v) is 2.98. The van der Waals surface area contributed by atoms with Crippen LogP contribution in [-0.4, -0.2) is 25.6 Å². The number of aliphatic imine (C=N–C) groups is 1. The summed E-state index contributed by atoms with van der Waals surface area (Å²) in [6.45, 7) is 2.96. The summed E-state index contributed by atoms with van der Waals surface area (Å²) >= 11 is 0. The van der Waals surface area contributed by atoms with Crippen molar-refractivity contribution >= 4 is 5.96 Å². The summed E-state index contributed by atoms with van der Waals surface area (Å²) in [5.74, 6) is 0.835. The van der Waals surface area contributed by atoms with Gasteiger partial charge in [-0.1, -0.05) is 0 Å². The minimum Gasteiger partial charge on any atom is -0.370 e. The highest BCUT2D eigenvalue weighted by Gasteiger charge is 2.11. The van der Waals surface area contributed by atoms with E-state index < -0.39 is 0 Å². The van der Waals surface area contributed by atoms with E-state index in [1.165, 1.54) is 12.8 Å². The zero-order valence-electron chi connectivity index (χ0n) is 6.71. The molecule has 1 rings (SSSR count). The van der Waals surface area contributed by atoms with E-state index in [0.717, 1.165) is 19.6 Å². The summed E-state index contributed by atoms with van der Waals surface area (Å²) in [7, 11) is 0. The maximum atomic E-state index is 5.22. The van der Waals surface area contributed by atoms with Crippen molar-refractivity contribution in [3.05, 3.63) is 0 Å². The van der Waals surface area contributed by atoms with Crippen molar-refractivity contribution in [1.29, 1.82) is 0 Å². The molecule has 64 valence electrons. The van der Waals surface area contributed by atoms with Crippen LogP contribution in [0.25, 0.3) is 0 Å². The normalized spacial score (nSPS) is 24.5. The topological polar surface area (TPSA) is 76.4 Å². The van der Waals surface area contributed by atoms with Gasteiger partial charge >= 0.3 is 0 Å². The third-order valence-electron chi connectivity index (χ3n) is 1.93. The van der Waals surface area contributed by atoms with E-state index in [4.69, 9.17) is 11.5 Å². The first-order valence-corrected chi connectivity index (χ1v) is 4.05. The molecule has 1 aliphatic heterocycles. The van der Waals surface area contributed by atoms with Crippen LogP contribution in [0.5, 0.6) is 0 Å². The highest BCUT2D eigenvalue weighted by Crippen LogP contribution is 2.09. The smallest absolute Gasteiger partial charge is 0.185 e. The molecule has 0 radical (unpaired) electrons. The summed E-state index contributed by atoms with van der Waals surface area (Å²) in [5.41, 5.74) is 10.4. The summed E-state index contributed by atoms with van der Waals surface area (Å²) < 4.78 is 0. The Morgan fingerprint density at radius 1 is 1.55 bits per heavy atom. The third kappa shape index (κ3) is 3.23. The maximum Gasteiger partial charge on any atom is 0.185 e. The SMILES string of the molecule is NC(N)=NC[C@H]1CCCNC1. The van der Waals surface area contributed by atoms with Crippen molar-refractivity contribution in [2.75, 3.05) is 19.6 Å². The second kappa shape index (κ2) is 4.18. The number of guanidine groups is 1. The monoisotopic (exact) mass is 156 g/mol. The molecule has 5 N–H and O–H groups in total. The lowest BCUT2D eigenvalue weighted by Gasteiger charge is -2.20. The quantitative estimate of drug-likeness (QED) is 0.364. The van der Waals surface area contributed by atoms with Crippen LogP contribution in [0.2, 0.25) is 0 Å². The molecule has 1 fully saturated rings. The lowest BCUT2D eigenvalue weighted by Crippen LogP contribution is -2.32. The van der Waals surface area contributed by atoms with Crippen LogP contribution in [-0.2, 0) is 0 Å². The first kappa shape index (κ1) is 8.33. The molecule has 4 heteroatoms. The lowest BCUT2D eigenvalue weighted by molar-refractivity contribution is 0.386. The van der Waals surface area contributed by atoms with Crippen LogP contribution in [0.1, 0.15) is 12.8 Å². The molecule has 0 unspecified atom stereocenters. The minimum atomic E-state index is 0.204. The Bertz CT molecular complexity index is 133. The largest absolute Gasteiger partial charge is 0.370 e. The number of nitrogens with two attached hydrogens (primary N) is 2. The maximum absolute atomic E-state index is 5.22. The van der Waals surface area contributed by atoms with Crippen molar-refractivity contribution in [2.24, 2.45) is 22.4 Å². The van der Waals surface area contributed by atoms with Gasteiger partial charge in [0.05, 0.1) is 0 Å². The van der Waals surface area contributed by atoms with Gasteiger partial charge in [0.1, 0.15) is 0 Å². The molecule has 0 bridgehead atoms. The average Bonchev–Trinajstić information content (AvgIpc) is 2.03. The molecular formula is C7H16N4. The number of hydrogen-bond donors (Lipinski definition) is 3. The predicted molar refractivity (Wildman–Crippen MR) is 46.3 cm³/mol. The first-order valence-electron chi connectivity index (χ1n) is 4.05. The molecule has 0 saturated carbocycles. The van der Waals surface area contributed by atoms with Gasteiger partial charge in [0, 0.05) is 6.54 Å². The van der Waals surface area contributed by atoms with Crippen LogP contribution >= 0.6 is 0 Å². The van der Waals surface area contributed by atoms with Gasteiger partial charge in [-0.05, 0) is 31.8 Å². The van der Waals surface area contributed by atoms with E-state index in [0.29, 0.717) is 5.92 Å². The minimum absolute atomic E-state index is 0.204. The van der Waals surface area contributed by atoms with E-state index in [-0.39, 0.29) is 5.96 Å². The number of hydrogen-bond acceptors (Lipinski definition) is 2. The fourth-order valence-electron chi connectivity index (χ4n) is 1.31. The standard InChI is InChI=1S/C7H16N4/c8-7(9)11-5-6-2-1-3-10-4-6/h6,10H,1-5H2,(H4,8,9,11)/t6-/m0/s1. The molecule has 0 aromatic heterocycles. The molecule has 1 aliphatic rings. The Labute approximate surface area is 67.0 Å². The molecular weight excluding hydrogens is 140 g/mol. The number of piperidine rings is 1. The van der Waals surface area contributed by atoms with Crippen molar-refractivity contribution in [2.45, 2.75) is 12.8 Å². The van der Waals surface area contributed by atoms with Crippen LogP contribution < -0.4 is 16.8 Å². The summed E-state index contributed by atoms with van der Waals surface area (Å²) in [6, 6.07) is 0. The molecule has 0 aromatic carbocycles. The Morgan fingerprint density at radius 2 is 2.36 bits per heavy atom. The van der Waals surface area contributed by atoms with Gasteiger partial charge in [-0.15, -0.1) is 0 Å². The summed E-state index contributed by atoms with van der Waals surface area (Å²) in [4.78, 5) is 3.98. The molecule has 0 amide bonds. The second-order valence-electron chi connectivity index (χ2n) is 2.98. The highest BCUT2D eigenvalue weighted by molar-refractivity contribution is 5.75. The Balaban J connectivity index is 2.19. The molecule has 1 atom stereocenters. The fraction of sp³-hybridized carbons (Fsp3) is 0.857. The van der Waals surface area contributed by atoms with Crippen LogP contribution in [0.3, 0.4) is 0 Å². The predicted octanol–water partition coefficient (Wildman–Crippen LogP) is -0.741. The zero-order chi connectivity index (χ0) is 8.10. The third-order valence-corrected chi connectivity index (χ3v) is 1.93. The van der Waals surface area contributed by atoms with Crippen LogP contribution in [0, 0.1) is 5.92 Å². The van der Waals surface area contributed by atoms with Gasteiger partial charge in [-0.25, -0.2) is 0 Å². The van der Waals surface area contributed by atoms with Gasteiger partial charge < -0.3 is 16.8 Å². The number of nitrogens with zero attached hydrogens (tertiary/aromatic N) is 1. The van der Waals surface area contributed by atoms with Gasteiger partial charge in [0.25, 0.3) is 0 Å². The van der Waals surface area contributed by atoms with Crippen molar-refractivity contribution in [3.8, 4) is 0 Å². The summed E-state index contributed by atoms with van der Waals surface area (Å²) in [5, 5.41) is 3.31. The lowest BCUT2D eigenvalue weighted by atomic mass is 10.0. The molecule has 1 heterocycles. The van der Waals surface area contributed by atoms with Crippen LogP contribution in [0.15, 0.2) is 4.99 Å². The van der Waals surface area contributed by atoms with Gasteiger partial charge in [-0.3, -0.25) is 4.99 Å². The van der Waals surface area contributed by atoms with Crippen molar-refractivity contribution < 1.29 is 0 Å². The number of nitrogens with one attached hydrogen (secondary N) is 1. The molecule has 11 heavy (non-hydrogen) atoms. The van der Waals surface area contributed by atoms with E-state index in [2.05, 4.69) is 10.3 Å². The molecule has 1 saturated heterocycles. The summed E-state index contributed by atoms with van der Waals surface area (Å²) in [6.07, 6.45) is 2.48. The average molecular weight is 156 g/mol. The van der Waals surface area contributed by atoms with E-state index in [1.807, 2.05) is 0 Å². The Hall–Kier alpha value is -0.770. The van der Waals surface area contributed by atoms with Gasteiger partial charge in [0.2, 0.25) is 0 Å². The molecule has 4 nitrogen and oxygen atoms in total. The van der Waals surface area contributed by atoms with Crippen molar-refractivity contribution in [3.63, 3.8) is 0 Å². The van der Waals surface area contributed by atoms with Crippen molar-refractivity contribution in [1.82, 2.24) is 5.32 Å². The van der Waals surface area contributed by atoms with E-state index in [1.54, 1.807) is 0 Å². The highest BCUT2D eigenvalue weighted by atomic mass is 15.0. The van der Waals surface area contributed by atoms with Gasteiger partial charge in [0.15, 0.2) is 5.96 Å². The molecule has 0 spiro atoms. The fourth-order valence-corrected chi connectivity index (χ4v) is 1.31. The van der Waals surface area contributed by atoms with Gasteiger partial charge in [-0.2, -0.15) is 0 Å².